The first-order valence-electron chi connectivity index (χ1n) is 8.57. The van der Waals surface area contributed by atoms with Crippen molar-refractivity contribution in [2.45, 2.75) is 27.7 Å². The van der Waals surface area contributed by atoms with Crippen molar-refractivity contribution in [2.75, 3.05) is 23.7 Å². The second-order valence-corrected chi connectivity index (χ2v) is 7.39. The Morgan fingerprint density at radius 1 is 0.815 bits per heavy atom. The molecule has 2 aromatic carbocycles. The fourth-order valence-electron chi connectivity index (χ4n) is 2.69. The molecule has 0 aromatic heterocycles. The SMILES string of the molecule is Cc1cc(NCC(C)(C)CNc2ccc([N+](=O)[O-])c(C)c2)ccc1[N+](=O)[O-]. The zero-order valence-corrected chi connectivity index (χ0v) is 15.9. The van der Waals surface area contributed by atoms with Gasteiger partial charge in [-0.25, -0.2) is 0 Å². The molecule has 2 rings (SSSR count). The molecule has 0 bridgehead atoms. The Bertz CT molecular complexity index is 795. The van der Waals surface area contributed by atoms with Gasteiger partial charge in [0.1, 0.15) is 0 Å². The van der Waals surface area contributed by atoms with Gasteiger partial charge in [0.2, 0.25) is 0 Å². The van der Waals surface area contributed by atoms with Crippen molar-refractivity contribution in [3.63, 3.8) is 0 Å². The number of benzene rings is 2. The maximum Gasteiger partial charge on any atom is 0.272 e. The predicted molar refractivity (Wildman–Crippen MR) is 106 cm³/mol. The molecule has 0 atom stereocenters. The molecular weight excluding hydrogens is 348 g/mol. The van der Waals surface area contributed by atoms with E-state index in [-0.39, 0.29) is 26.6 Å². The molecule has 2 N–H and O–H groups in total. The largest absolute Gasteiger partial charge is 0.384 e. The first kappa shape index (κ1) is 20.2. The monoisotopic (exact) mass is 372 g/mol. The number of anilines is 2. The van der Waals surface area contributed by atoms with E-state index in [1.807, 2.05) is 0 Å². The van der Waals surface area contributed by atoms with Crippen LogP contribution in [-0.4, -0.2) is 22.9 Å². The molecule has 144 valence electrons. The molecule has 27 heavy (non-hydrogen) atoms. The summed E-state index contributed by atoms with van der Waals surface area (Å²) in [6.07, 6.45) is 0. The summed E-state index contributed by atoms with van der Waals surface area (Å²) in [5.41, 5.74) is 2.98. The highest BCUT2D eigenvalue weighted by molar-refractivity contribution is 5.55. The third-order valence-electron chi connectivity index (χ3n) is 4.33. The zero-order chi connectivity index (χ0) is 20.2. The molecule has 0 saturated carbocycles. The highest BCUT2D eigenvalue weighted by Gasteiger charge is 2.19. The number of nitro benzene ring substituents is 2. The zero-order valence-electron chi connectivity index (χ0n) is 15.9. The van der Waals surface area contributed by atoms with Gasteiger partial charge in [-0.2, -0.15) is 0 Å². The van der Waals surface area contributed by atoms with E-state index >= 15 is 0 Å². The fourth-order valence-corrected chi connectivity index (χ4v) is 2.69. The Morgan fingerprint density at radius 3 is 1.48 bits per heavy atom. The van der Waals surface area contributed by atoms with Crippen LogP contribution in [0.25, 0.3) is 0 Å². The van der Waals surface area contributed by atoms with E-state index in [4.69, 9.17) is 0 Å². The summed E-state index contributed by atoms with van der Waals surface area (Å²) in [6, 6.07) is 9.94. The molecule has 0 heterocycles. The first-order chi connectivity index (χ1) is 12.6. The summed E-state index contributed by atoms with van der Waals surface area (Å²) in [7, 11) is 0. The molecule has 0 amide bonds. The molecule has 8 heteroatoms. The van der Waals surface area contributed by atoms with Gasteiger partial charge < -0.3 is 10.6 Å². The third-order valence-corrected chi connectivity index (χ3v) is 4.33. The minimum absolute atomic E-state index is 0.106. The molecule has 0 aliphatic rings. The van der Waals surface area contributed by atoms with Crippen LogP contribution in [0, 0.1) is 39.5 Å². The molecule has 0 spiro atoms. The molecule has 0 saturated heterocycles. The van der Waals surface area contributed by atoms with Gasteiger partial charge in [0.15, 0.2) is 0 Å². The van der Waals surface area contributed by atoms with Crippen LogP contribution >= 0.6 is 0 Å². The Morgan fingerprint density at radius 2 is 1.19 bits per heavy atom. The van der Waals surface area contributed by atoms with E-state index in [2.05, 4.69) is 24.5 Å². The molecule has 2 aromatic rings. The van der Waals surface area contributed by atoms with Crippen LogP contribution < -0.4 is 10.6 Å². The van der Waals surface area contributed by atoms with Crippen molar-refractivity contribution < 1.29 is 9.85 Å². The van der Waals surface area contributed by atoms with Gasteiger partial charge in [-0.3, -0.25) is 20.2 Å². The number of rotatable bonds is 8. The van der Waals surface area contributed by atoms with Crippen LogP contribution in [0.2, 0.25) is 0 Å². The molecular formula is C19H24N4O4. The lowest BCUT2D eigenvalue weighted by Gasteiger charge is -2.26. The van der Waals surface area contributed by atoms with Gasteiger partial charge in [-0.15, -0.1) is 0 Å². The van der Waals surface area contributed by atoms with Gasteiger partial charge >= 0.3 is 0 Å². The normalized spacial score (nSPS) is 11.1. The van der Waals surface area contributed by atoms with E-state index in [1.54, 1.807) is 38.1 Å². The maximum absolute atomic E-state index is 10.9. The third kappa shape index (κ3) is 5.40. The Labute approximate surface area is 157 Å². The van der Waals surface area contributed by atoms with Crippen molar-refractivity contribution in [1.29, 1.82) is 0 Å². The highest BCUT2D eigenvalue weighted by atomic mass is 16.6. The molecule has 0 unspecified atom stereocenters. The lowest BCUT2D eigenvalue weighted by Crippen LogP contribution is -2.31. The summed E-state index contributed by atoms with van der Waals surface area (Å²) >= 11 is 0. The average Bonchev–Trinajstić information content (AvgIpc) is 2.58. The standard InChI is InChI=1S/C19H24N4O4/c1-13-9-15(5-7-17(13)22(24)25)20-11-19(3,4)12-21-16-6-8-18(23(26)27)14(2)10-16/h5-10,20-21H,11-12H2,1-4H3. The van der Waals surface area contributed by atoms with Crippen molar-refractivity contribution >= 4 is 22.7 Å². The van der Waals surface area contributed by atoms with Crippen molar-refractivity contribution in [2.24, 2.45) is 5.41 Å². The minimum Gasteiger partial charge on any atom is -0.384 e. The smallest absolute Gasteiger partial charge is 0.272 e. The number of nitro groups is 2. The van der Waals surface area contributed by atoms with Crippen LogP contribution in [0.1, 0.15) is 25.0 Å². The van der Waals surface area contributed by atoms with E-state index in [9.17, 15) is 20.2 Å². The summed E-state index contributed by atoms with van der Waals surface area (Å²) < 4.78 is 0. The Balaban J connectivity index is 1.95. The molecule has 0 fully saturated rings. The van der Waals surface area contributed by atoms with Crippen LogP contribution in [0.5, 0.6) is 0 Å². The second-order valence-electron chi connectivity index (χ2n) is 7.39. The van der Waals surface area contributed by atoms with Gasteiger partial charge in [0.25, 0.3) is 11.4 Å². The summed E-state index contributed by atoms with van der Waals surface area (Å²) in [5, 5.41) is 28.4. The van der Waals surface area contributed by atoms with E-state index < -0.39 is 0 Å². The van der Waals surface area contributed by atoms with Gasteiger partial charge in [0.05, 0.1) is 9.85 Å². The predicted octanol–water partition coefficient (Wildman–Crippen LogP) is 4.67. The van der Waals surface area contributed by atoms with Gasteiger partial charge in [0, 0.05) is 47.7 Å². The molecule has 0 aliphatic carbocycles. The van der Waals surface area contributed by atoms with Crippen molar-refractivity contribution in [1.82, 2.24) is 0 Å². The first-order valence-corrected chi connectivity index (χ1v) is 8.57. The van der Waals surface area contributed by atoms with E-state index in [1.165, 1.54) is 12.1 Å². The summed E-state index contributed by atoms with van der Waals surface area (Å²) in [4.78, 5) is 21.0. The maximum atomic E-state index is 10.9. The second kappa shape index (κ2) is 8.03. The molecule has 0 radical (unpaired) electrons. The fraction of sp³-hybridized carbons (Fsp3) is 0.368. The van der Waals surface area contributed by atoms with Crippen LogP contribution in [-0.2, 0) is 0 Å². The molecule has 8 nitrogen and oxygen atoms in total. The van der Waals surface area contributed by atoms with Crippen LogP contribution in [0.4, 0.5) is 22.7 Å². The van der Waals surface area contributed by atoms with E-state index in [0.717, 1.165) is 11.4 Å². The highest BCUT2D eigenvalue weighted by Crippen LogP contribution is 2.25. The van der Waals surface area contributed by atoms with Crippen molar-refractivity contribution in [3.05, 3.63) is 67.8 Å². The number of hydrogen-bond acceptors (Lipinski definition) is 6. The number of aryl methyl sites for hydroxylation is 2. The molecule has 0 aliphatic heterocycles. The lowest BCUT2D eigenvalue weighted by atomic mass is 9.93. The van der Waals surface area contributed by atoms with Gasteiger partial charge in [-0.1, -0.05) is 13.8 Å². The van der Waals surface area contributed by atoms with Crippen LogP contribution in [0.15, 0.2) is 36.4 Å². The van der Waals surface area contributed by atoms with E-state index in [0.29, 0.717) is 24.2 Å². The van der Waals surface area contributed by atoms with Crippen LogP contribution in [0.3, 0.4) is 0 Å². The topological polar surface area (TPSA) is 110 Å². The average molecular weight is 372 g/mol. The lowest BCUT2D eigenvalue weighted by molar-refractivity contribution is -0.385. The number of nitrogens with one attached hydrogen (secondary N) is 2. The quantitative estimate of drug-likeness (QED) is 0.514. The number of nitrogens with zero attached hydrogens (tertiary/aromatic N) is 2. The Hall–Kier alpha value is -3.16. The number of hydrogen-bond donors (Lipinski definition) is 2. The Kier molecular flexibility index (Phi) is 5.99. The van der Waals surface area contributed by atoms with Gasteiger partial charge in [-0.05, 0) is 43.5 Å². The van der Waals surface area contributed by atoms with Crippen molar-refractivity contribution in [3.8, 4) is 0 Å². The summed E-state index contributed by atoms with van der Waals surface area (Å²) in [5.74, 6) is 0. The summed E-state index contributed by atoms with van der Waals surface area (Å²) in [6.45, 7) is 8.92. The minimum atomic E-state index is -0.390.